The molecule has 1 fully saturated rings. The number of anilines is 1. The van der Waals surface area contributed by atoms with Gasteiger partial charge in [-0.15, -0.1) is 0 Å². The van der Waals surface area contributed by atoms with Crippen LogP contribution < -0.4 is 5.73 Å². The molecule has 2 unspecified atom stereocenters. The molecule has 1 aliphatic heterocycles. The van der Waals surface area contributed by atoms with Crippen molar-refractivity contribution in [1.29, 1.82) is 0 Å². The summed E-state index contributed by atoms with van der Waals surface area (Å²) in [5.41, 5.74) is 8.05. The molecule has 1 aromatic rings. The van der Waals surface area contributed by atoms with Crippen LogP contribution in [0, 0.1) is 12.8 Å². The number of amides is 1. The summed E-state index contributed by atoms with van der Waals surface area (Å²) in [5, 5.41) is 9.55. The van der Waals surface area contributed by atoms with Crippen molar-refractivity contribution in [2.75, 3.05) is 18.8 Å². The minimum Gasteiger partial charge on any atom is -0.399 e. The molecule has 1 aliphatic rings. The molecule has 18 heavy (non-hydrogen) atoms. The van der Waals surface area contributed by atoms with Gasteiger partial charge in [0.1, 0.15) is 0 Å². The third-order valence-electron chi connectivity index (χ3n) is 3.71. The smallest absolute Gasteiger partial charge is 0.253 e. The molecular weight excluding hydrogens is 228 g/mol. The summed E-state index contributed by atoms with van der Waals surface area (Å²) >= 11 is 0. The van der Waals surface area contributed by atoms with Crippen LogP contribution in [0.3, 0.4) is 0 Å². The normalized spacial score (nSPS) is 21.1. The average molecular weight is 248 g/mol. The summed E-state index contributed by atoms with van der Waals surface area (Å²) in [7, 11) is 0. The van der Waals surface area contributed by atoms with E-state index in [0.29, 0.717) is 17.8 Å². The van der Waals surface area contributed by atoms with E-state index in [-0.39, 0.29) is 17.9 Å². The number of nitrogens with zero attached hydrogens (tertiary/aromatic N) is 1. The molecule has 2 rings (SSSR count). The van der Waals surface area contributed by atoms with E-state index in [0.717, 1.165) is 18.5 Å². The number of aliphatic hydroxyl groups is 1. The number of hydrogen-bond acceptors (Lipinski definition) is 3. The second-order valence-corrected chi connectivity index (χ2v) is 5.11. The number of aliphatic hydroxyl groups excluding tert-OH is 1. The lowest BCUT2D eigenvalue weighted by atomic mass is 10.0. The molecule has 1 heterocycles. The Labute approximate surface area is 107 Å². The zero-order valence-corrected chi connectivity index (χ0v) is 10.9. The number of nitrogens with two attached hydrogens (primary N) is 1. The minimum absolute atomic E-state index is 0.0289. The standard InChI is InChI=1S/C14H20N2O2/c1-9-7-11(3-4-13(9)15)14(18)16-6-5-12(8-16)10(2)17/h3-4,7,10,12,17H,5-6,8,15H2,1-2H3. The Morgan fingerprint density at radius 1 is 1.56 bits per heavy atom. The second kappa shape index (κ2) is 4.98. The van der Waals surface area contributed by atoms with Crippen molar-refractivity contribution in [2.45, 2.75) is 26.4 Å². The van der Waals surface area contributed by atoms with Gasteiger partial charge in [0.2, 0.25) is 0 Å². The molecule has 0 radical (unpaired) electrons. The fourth-order valence-corrected chi connectivity index (χ4v) is 2.36. The van der Waals surface area contributed by atoms with E-state index in [9.17, 15) is 9.90 Å². The lowest BCUT2D eigenvalue weighted by Crippen LogP contribution is -2.30. The van der Waals surface area contributed by atoms with E-state index in [4.69, 9.17) is 5.73 Å². The highest BCUT2D eigenvalue weighted by Gasteiger charge is 2.29. The largest absolute Gasteiger partial charge is 0.399 e. The maximum Gasteiger partial charge on any atom is 0.253 e. The molecule has 3 N–H and O–H groups in total. The molecular formula is C14H20N2O2. The summed E-state index contributed by atoms with van der Waals surface area (Å²) < 4.78 is 0. The summed E-state index contributed by atoms with van der Waals surface area (Å²) in [4.78, 5) is 14.1. The molecule has 0 bridgehead atoms. The fourth-order valence-electron chi connectivity index (χ4n) is 2.36. The Morgan fingerprint density at radius 2 is 2.28 bits per heavy atom. The van der Waals surface area contributed by atoms with Crippen LogP contribution in [0.15, 0.2) is 18.2 Å². The Morgan fingerprint density at radius 3 is 2.83 bits per heavy atom. The molecule has 1 amide bonds. The van der Waals surface area contributed by atoms with E-state index < -0.39 is 0 Å². The predicted octanol–water partition coefficient (Wildman–Crippen LogP) is 1.42. The molecule has 0 spiro atoms. The van der Waals surface area contributed by atoms with Gasteiger partial charge < -0.3 is 15.7 Å². The van der Waals surface area contributed by atoms with Gasteiger partial charge in [0.25, 0.3) is 5.91 Å². The monoisotopic (exact) mass is 248 g/mol. The van der Waals surface area contributed by atoms with Gasteiger partial charge >= 0.3 is 0 Å². The van der Waals surface area contributed by atoms with E-state index in [1.165, 1.54) is 0 Å². The summed E-state index contributed by atoms with van der Waals surface area (Å²) in [6.07, 6.45) is 0.521. The Hall–Kier alpha value is -1.55. The summed E-state index contributed by atoms with van der Waals surface area (Å²) in [6.45, 7) is 5.04. The predicted molar refractivity (Wildman–Crippen MR) is 71.3 cm³/mol. The van der Waals surface area contributed by atoms with Crippen LogP contribution in [0.1, 0.15) is 29.3 Å². The number of nitrogen functional groups attached to an aromatic ring is 1. The number of carbonyl (C=O) groups is 1. The van der Waals surface area contributed by atoms with Crippen LogP contribution in [-0.2, 0) is 0 Å². The Balaban J connectivity index is 2.10. The maximum atomic E-state index is 12.3. The third-order valence-corrected chi connectivity index (χ3v) is 3.71. The van der Waals surface area contributed by atoms with Gasteiger partial charge in [0.05, 0.1) is 6.10 Å². The summed E-state index contributed by atoms with van der Waals surface area (Å²) in [5.74, 6) is 0.227. The molecule has 1 aromatic carbocycles. The number of hydrogen-bond donors (Lipinski definition) is 2. The SMILES string of the molecule is Cc1cc(C(=O)N2CCC(C(C)O)C2)ccc1N. The van der Waals surface area contributed by atoms with Crippen LogP contribution >= 0.6 is 0 Å². The van der Waals surface area contributed by atoms with E-state index >= 15 is 0 Å². The molecule has 0 aliphatic carbocycles. The van der Waals surface area contributed by atoms with E-state index in [2.05, 4.69) is 0 Å². The molecule has 4 nitrogen and oxygen atoms in total. The number of aryl methyl sites for hydroxylation is 1. The minimum atomic E-state index is -0.351. The topological polar surface area (TPSA) is 66.6 Å². The molecule has 2 atom stereocenters. The summed E-state index contributed by atoms with van der Waals surface area (Å²) in [6, 6.07) is 5.36. The van der Waals surface area contributed by atoms with Crippen molar-refractivity contribution in [1.82, 2.24) is 4.90 Å². The molecule has 0 aromatic heterocycles. The first-order valence-corrected chi connectivity index (χ1v) is 6.32. The number of benzene rings is 1. The van der Waals surface area contributed by atoms with E-state index in [1.807, 2.05) is 17.9 Å². The third kappa shape index (κ3) is 2.48. The van der Waals surface area contributed by atoms with Crippen molar-refractivity contribution >= 4 is 11.6 Å². The maximum absolute atomic E-state index is 12.3. The second-order valence-electron chi connectivity index (χ2n) is 5.11. The number of rotatable bonds is 2. The average Bonchev–Trinajstić information content (AvgIpc) is 2.81. The first-order valence-electron chi connectivity index (χ1n) is 6.32. The Bertz CT molecular complexity index is 457. The van der Waals surface area contributed by atoms with Gasteiger partial charge in [-0.1, -0.05) is 0 Å². The molecule has 0 saturated carbocycles. The van der Waals surface area contributed by atoms with Gasteiger partial charge in [-0.05, 0) is 44.0 Å². The first-order chi connectivity index (χ1) is 8.49. The molecule has 98 valence electrons. The molecule has 1 saturated heterocycles. The van der Waals surface area contributed by atoms with Crippen molar-refractivity contribution in [2.24, 2.45) is 5.92 Å². The van der Waals surface area contributed by atoms with Crippen LogP contribution in [0.4, 0.5) is 5.69 Å². The Kier molecular flexibility index (Phi) is 3.57. The van der Waals surface area contributed by atoms with Gasteiger partial charge in [-0.2, -0.15) is 0 Å². The van der Waals surface area contributed by atoms with Crippen molar-refractivity contribution in [3.05, 3.63) is 29.3 Å². The van der Waals surface area contributed by atoms with Gasteiger partial charge in [0.15, 0.2) is 0 Å². The van der Waals surface area contributed by atoms with Gasteiger partial charge in [-0.3, -0.25) is 4.79 Å². The fraction of sp³-hybridized carbons (Fsp3) is 0.500. The first kappa shape index (κ1) is 12.9. The van der Waals surface area contributed by atoms with Crippen LogP contribution in [0.25, 0.3) is 0 Å². The quantitative estimate of drug-likeness (QED) is 0.778. The van der Waals surface area contributed by atoms with Gasteiger partial charge in [-0.25, -0.2) is 0 Å². The highest BCUT2D eigenvalue weighted by Crippen LogP contribution is 2.22. The van der Waals surface area contributed by atoms with Gasteiger partial charge in [0, 0.05) is 30.3 Å². The highest BCUT2D eigenvalue weighted by atomic mass is 16.3. The lowest BCUT2D eigenvalue weighted by molar-refractivity contribution is 0.0762. The van der Waals surface area contributed by atoms with E-state index in [1.54, 1.807) is 19.1 Å². The van der Waals surface area contributed by atoms with Crippen molar-refractivity contribution in [3.8, 4) is 0 Å². The number of likely N-dealkylation sites (tertiary alicyclic amines) is 1. The van der Waals surface area contributed by atoms with Crippen molar-refractivity contribution < 1.29 is 9.90 Å². The zero-order chi connectivity index (χ0) is 13.3. The van der Waals surface area contributed by atoms with Crippen LogP contribution in [-0.4, -0.2) is 35.1 Å². The molecule has 4 heteroatoms. The number of carbonyl (C=O) groups excluding carboxylic acids is 1. The zero-order valence-electron chi connectivity index (χ0n) is 10.9. The lowest BCUT2D eigenvalue weighted by Gasteiger charge is -2.18. The van der Waals surface area contributed by atoms with Crippen LogP contribution in [0.5, 0.6) is 0 Å². The van der Waals surface area contributed by atoms with Crippen LogP contribution in [0.2, 0.25) is 0 Å². The highest BCUT2D eigenvalue weighted by molar-refractivity contribution is 5.95. The van der Waals surface area contributed by atoms with Crippen molar-refractivity contribution in [3.63, 3.8) is 0 Å².